The van der Waals surface area contributed by atoms with Crippen molar-refractivity contribution in [3.63, 3.8) is 0 Å². The summed E-state index contributed by atoms with van der Waals surface area (Å²) in [4.78, 5) is 58.3. The molecule has 18 heteroatoms. The van der Waals surface area contributed by atoms with Gasteiger partial charge in [-0.25, -0.2) is 9.13 Å². The predicted molar refractivity (Wildman–Crippen MR) is 371 cm³/mol. The normalized spacial score (nSPS) is 14.8. The Hall–Kier alpha value is -3.53. The van der Waals surface area contributed by atoms with Gasteiger partial charge in [0.05, 0.1) is 26.4 Å². The molecule has 0 aliphatic heterocycles. The van der Waals surface area contributed by atoms with Crippen LogP contribution in [0, 0.1) is 0 Å². The number of ether oxygens (including phenoxy) is 3. The van der Waals surface area contributed by atoms with Crippen LogP contribution in [0.25, 0.3) is 0 Å². The van der Waals surface area contributed by atoms with Crippen molar-refractivity contribution in [3.8, 4) is 0 Å². The zero-order valence-electron chi connectivity index (χ0n) is 57.0. The molecule has 0 bridgehead atoms. The summed E-state index contributed by atoms with van der Waals surface area (Å²) in [6.07, 6.45) is 73.4. The SMILES string of the molecule is CC/C=C\C/C=C\C/C=C\C/C=C\C/C=C\CCCCCCCCCCCCCCCC(=O)OCC(O)COP(=O)(O)OCC(O)COP(=O)(O)OCC(COC(=O)CCCCCCC/C=C\C/C=C\CCCCC)OC(=O)CCCCCCC/C=C\CCCC. The molecule has 0 saturated carbocycles. The van der Waals surface area contributed by atoms with Gasteiger partial charge >= 0.3 is 33.6 Å². The smallest absolute Gasteiger partial charge is 0.463 e. The summed E-state index contributed by atoms with van der Waals surface area (Å²) < 4.78 is 60.8. The van der Waals surface area contributed by atoms with Gasteiger partial charge in [-0.15, -0.1) is 0 Å². The molecule has 0 fully saturated rings. The molecule has 0 saturated heterocycles. The molecule has 0 aromatic heterocycles. The number of aliphatic hydroxyl groups excluding tert-OH is 2. The van der Waals surface area contributed by atoms with Gasteiger partial charge in [-0.3, -0.25) is 32.5 Å². The van der Waals surface area contributed by atoms with Crippen LogP contribution < -0.4 is 0 Å². The average molecular weight is 1320 g/mol. The summed E-state index contributed by atoms with van der Waals surface area (Å²) in [5.41, 5.74) is 0. The Morgan fingerprint density at radius 2 is 0.593 bits per heavy atom. The first-order valence-electron chi connectivity index (χ1n) is 35.5. The van der Waals surface area contributed by atoms with Crippen molar-refractivity contribution in [2.75, 3.05) is 39.6 Å². The molecule has 0 aliphatic rings. The highest BCUT2D eigenvalue weighted by molar-refractivity contribution is 7.47. The van der Waals surface area contributed by atoms with Crippen LogP contribution in [0.3, 0.4) is 0 Å². The Labute approximate surface area is 552 Å². The molecule has 0 rings (SSSR count). The maximum absolute atomic E-state index is 12.8. The van der Waals surface area contributed by atoms with Crippen LogP contribution in [0.2, 0.25) is 0 Å². The summed E-state index contributed by atoms with van der Waals surface area (Å²) in [6.45, 7) is 2.47. The fourth-order valence-electron chi connectivity index (χ4n) is 9.31. The summed E-state index contributed by atoms with van der Waals surface area (Å²) in [6, 6.07) is 0. The number of hydrogen-bond acceptors (Lipinski definition) is 14. The number of phosphoric acid groups is 2. The second-order valence-corrected chi connectivity index (χ2v) is 26.6. The van der Waals surface area contributed by atoms with Gasteiger partial charge in [-0.2, -0.15) is 0 Å². The lowest BCUT2D eigenvalue weighted by Gasteiger charge is -2.21. The van der Waals surface area contributed by atoms with E-state index in [1.807, 2.05) is 0 Å². The van der Waals surface area contributed by atoms with Crippen LogP contribution in [0.1, 0.15) is 290 Å². The number of rotatable bonds is 67. The van der Waals surface area contributed by atoms with E-state index < -0.39 is 91.5 Å². The first-order chi connectivity index (χ1) is 44.2. The van der Waals surface area contributed by atoms with Crippen molar-refractivity contribution in [1.82, 2.24) is 0 Å². The van der Waals surface area contributed by atoms with Gasteiger partial charge in [0.2, 0.25) is 0 Å². The van der Waals surface area contributed by atoms with E-state index in [-0.39, 0.29) is 19.3 Å². The van der Waals surface area contributed by atoms with Crippen LogP contribution in [0.5, 0.6) is 0 Å². The van der Waals surface area contributed by atoms with Crippen molar-refractivity contribution in [1.29, 1.82) is 0 Å². The van der Waals surface area contributed by atoms with Crippen LogP contribution >= 0.6 is 15.6 Å². The maximum atomic E-state index is 12.8. The molecular weight excluding hydrogens is 1190 g/mol. The van der Waals surface area contributed by atoms with Crippen molar-refractivity contribution in [2.24, 2.45) is 0 Å². The van der Waals surface area contributed by atoms with E-state index >= 15 is 0 Å². The van der Waals surface area contributed by atoms with Gasteiger partial charge in [0.15, 0.2) is 6.10 Å². The fourth-order valence-corrected chi connectivity index (χ4v) is 10.9. The molecule has 5 unspecified atom stereocenters. The minimum atomic E-state index is -4.92. The second-order valence-electron chi connectivity index (χ2n) is 23.6. The molecular formula is C73H128O16P2. The van der Waals surface area contributed by atoms with E-state index in [1.54, 1.807) is 0 Å². The quantitative estimate of drug-likeness (QED) is 0.0146. The third-order valence-electron chi connectivity index (χ3n) is 14.8. The Morgan fingerprint density at radius 3 is 0.967 bits per heavy atom. The van der Waals surface area contributed by atoms with Gasteiger partial charge in [0, 0.05) is 19.3 Å². The lowest BCUT2D eigenvalue weighted by Crippen LogP contribution is -2.30. The minimum absolute atomic E-state index is 0.0917. The highest BCUT2D eigenvalue weighted by Crippen LogP contribution is 2.45. The number of hydrogen-bond donors (Lipinski definition) is 4. The van der Waals surface area contributed by atoms with Crippen LogP contribution in [0.15, 0.2) is 97.2 Å². The van der Waals surface area contributed by atoms with Crippen LogP contribution in [0.4, 0.5) is 0 Å². The molecule has 0 aliphatic carbocycles. The molecule has 0 aromatic rings. The highest BCUT2D eigenvalue weighted by Gasteiger charge is 2.29. The van der Waals surface area contributed by atoms with E-state index in [9.17, 15) is 43.5 Å². The third-order valence-corrected chi connectivity index (χ3v) is 16.7. The Morgan fingerprint density at radius 1 is 0.319 bits per heavy atom. The zero-order chi connectivity index (χ0) is 66.7. The number of allylic oxidation sites excluding steroid dienone is 16. The summed E-state index contributed by atoms with van der Waals surface area (Å²) in [5.74, 6) is -1.60. The van der Waals surface area contributed by atoms with Gasteiger partial charge in [0.25, 0.3) is 0 Å². The van der Waals surface area contributed by atoms with Gasteiger partial charge in [-0.05, 0) is 116 Å². The number of aliphatic hydroxyl groups is 2. The largest absolute Gasteiger partial charge is 0.472 e. The topological polar surface area (TPSA) is 231 Å². The number of unbranched alkanes of at least 4 members (excludes halogenated alkanes) is 28. The van der Waals surface area contributed by atoms with Crippen LogP contribution in [-0.4, -0.2) is 95.9 Å². The van der Waals surface area contributed by atoms with Gasteiger partial charge < -0.3 is 34.2 Å². The van der Waals surface area contributed by atoms with Gasteiger partial charge in [0.1, 0.15) is 25.4 Å². The number of carbonyl (C=O) groups is 3. The number of esters is 3. The Kier molecular flexibility index (Phi) is 63.9. The molecule has 0 heterocycles. The van der Waals surface area contributed by atoms with Crippen LogP contribution in [-0.2, 0) is 55.8 Å². The highest BCUT2D eigenvalue weighted by atomic mass is 31.2. The minimum Gasteiger partial charge on any atom is -0.463 e. The summed E-state index contributed by atoms with van der Waals surface area (Å²) >= 11 is 0. The molecule has 0 radical (unpaired) electrons. The number of carbonyl (C=O) groups excluding carboxylic acids is 3. The average Bonchev–Trinajstić information content (AvgIpc) is 3.72. The lowest BCUT2D eigenvalue weighted by atomic mass is 10.0. The van der Waals surface area contributed by atoms with Crippen molar-refractivity contribution < 1.29 is 75.8 Å². The summed E-state index contributed by atoms with van der Waals surface area (Å²) in [7, 11) is -9.77. The molecule has 0 spiro atoms. The Bertz CT molecular complexity index is 2050. The molecule has 0 amide bonds. The first kappa shape index (κ1) is 87.5. The second kappa shape index (κ2) is 66.5. The lowest BCUT2D eigenvalue weighted by molar-refractivity contribution is -0.161. The number of phosphoric ester groups is 2. The molecule has 91 heavy (non-hydrogen) atoms. The zero-order valence-corrected chi connectivity index (χ0v) is 58.8. The van der Waals surface area contributed by atoms with Crippen molar-refractivity contribution in [3.05, 3.63) is 97.2 Å². The first-order valence-corrected chi connectivity index (χ1v) is 38.5. The van der Waals surface area contributed by atoms with Gasteiger partial charge in [-0.1, -0.05) is 253 Å². The molecule has 526 valence electrons. The van der Waals surface area contributed by atoms with Crippen molar-refractivity contribution in [2.45, 2.75) is 309 Å². The van der Waals surface area contributed by atoms with Crippen molar-refractivity contribution >= 4 is 33.6 Å². The van der Waals surface area contributed by atoms with E-state index in [0.29, 0.717) is 19.3 Å². The standard InChI is InChI=1S/C73H128O16P2/c1-4-7-10-13-16-19-22-24-26-27-28-29-30-31-32-33-34-35-36-37-38-39-41-43-45-47-50-53-56-59-71(76)83-62-68(74)63-85-90(79,80)86-64-69(75)65-87-91(81,82)88-67-70(89-73(78)61-58-55-52-49-44-21-18-15-12-9-6-3)66-84-72(77)60-57-54-51-48-46-42-40-25-23-20-17-14-11-8-5-2/h7,10,15-20,24-26,28-29,31-32,40,68-70,74-75H,4-6,8-9,11-14,21-23,27,30,33-39,41-67H2,1-3H3,(H,79,80)(H,81,82)/b10-7-,18-15-,19-16-,20-17-,26-24-,29-28-,32-31-,40-25-. The Balaban J connectivity index is 4.41. The monoisotopic (exact) mass is 1320 g/mol. The van der Waals surface area contributed by atoms with E-state index in [4.69, 9.17) is 32.3 Å². The van der Waals surface area contributed by atoms with E-state index in [0.717, 1.165) is 141 Å². The summed E-state index contributed by atoms with van der Waals surface area (Å²) in [5, 5.41) is 20.5. The molecule has 5 atom stereocenters. The molecule has 16 nitrogen and oxygen atoms in total. The third kappa shape index (κ3) is 67.7. The fraction of sp³-hybridized carbons (Fsp3) is 0.740. The van der Waals surface area contributed by atoms with E-state index in [1.165, 1.54) is 89.9 Å². The van der Waals surface area contributed by atoms with E-state index in [2.05, 4.69) is 118 Å². The predicted octanol–water partition coefficient (Wildman–Crippen LogP) is 19.9. The molecule has 0 aromatic carbocycles. The maximum Gasteiger partial charge on any atom is 0.472 e. The molecule has 4 N–H and O–H groups in total.